The average molecular weight is 353 g/mol. The van der Waals surface area contributed by atoms with Crippen molar-refractivity contribution < 1.29 is 9.47 Å². The summed E-state index contributed by atoms with van der Waals surface area (Å²) < 4.78 is 11.7. The molecule has 0 saturated carbocycles. The van der Waals surface area contributed by atoms with Crippen molar-refractivity contribution in [2.45, 2.75) is 25.5 Å². The van der Waals surface area contributed by atoms with E-state index in [-0.39, 0.29) is 11.6 Å². The van der Waals surface area contributed by atoms with Gasteiger partial charge in [-0.2, -0.15) is 0 Å². The fourth-order valence-electron chi connectivity index (χ4n) is 3.84. The zero-order valence-electron chi connectivity index (χ0n) is 15.6. The molecule has 4 rings (SSSR count). The van der Waals surface area contributed by atoms with Gasteiger partial charge in [0.2, 0.25) is 0 Å². The zero-order chi connectivity index (χ0) is 18.0. The van der Waals surface area contributed by atoms with Crippen LogP contribution in [0, 0.1) is 0 Å². The van der Waals surface area contributed by atoms with E-state index in [1.807, 2.05) is 18.3 Å². The van der Waals surface area contributed by atoms with Crippen LogP contribution in [-0.4, -0.2) is 54.9 Å². The summed E-state index contributed by atoms with van der Waals surface area (Å²) in [5, 5.41) is 0. The molecule has 5 nitrogen and oxygen atoms in total. The fraction of sp³-hybridized carbons (Fsp3) is 0.476. The number of anilines is 1. The summed E-state index contributed by atoms with van der Waals surface area (Å²) in [5.74, 6) is 1.81. The molecule has 26 heavy (non-hydrogen) atoms. The van der Waals surface area contributed by atoms with Gasteiger partial charge in [0.25, 0.3) is 0 Å². The molecule has 138 valence electrons. The van der Waals surface area contributed by atoms with Crippen LogP contribution >= 0.6 is 0 Å². The number of ether oxygens (including phenoxy) is 2. The highest BCUT2D eigenvalue weighted by Crippen LogP contribution is 2.40. The SMILES string of the molecule is CC1(C)CN(C(CN2CCOCC2)c2ccccc2)c2ncccc2O1. The highest BCUT2D eigenvalue weighted by molar-refractivity contribution is 5.56. The Bertz CT molecular complexity index is 729. The first-order valence-corrected chi connectivity index (χ1v) is 9.38. The summed E-state index contributed by atoms with van der Waals surface area (Å²) in [6, 6.07) is 14.9. The monoisotopic (exact) mass is 353 g/mol. The standard InChI is InChI=1S/C21H27N3O2/c1-21(2)16-24(20-19(26-21)9-6-10-22-20)18(17-7-4-3-5-8-17)15-23-11-13-25-14-12-23/h3-10,18H,11-16H2,1-2H3. The maximum Gasteiger partial charge on any atom is 0.172 e. The van der Waals surface area contributed by atoms with Crippen molar-refractivity contribution in [3.8, 4) is 5.75 Å². The van der Waals surface area contributed by atoms with Gasteiger partial charge in [0.05, 0.1) is 25.8 Å². The molecular weight excluding hydrogens is 326 g/mol. The number of rotatable bonds is 4. The summed E-state index contributed by atoms with van der Waals surface area (Å²) in [6.07, 6.45) is 1.85. The van der Waals surface area contributed by atoms with Gasteiger partial charge in [0.1, 0.15) is 5.60 Å². The molecule has 0 N–H and O–H groups in total. The number of benzene rings is 1. The van der Waals surface area contributed by atoms with Crippen molar-refractivity contribution in [3.63, 3.8) is 0 Å². The third-order valence-electron chi connectivity index (χ3n) is 5.06. The number of morpholine rings is 1. The largest absolute Gasteiger partial charge is 0.482 e. The van der Waals surface area contributed by atoms with Crippen LogP contribution in [0.25, 0.3) is 0 Å². The maximum atomic E-state index is 6.19. The van der Waals surface area contributed by atoms with Gasteiger partial charge in [-0.25, -0.2) is 4.98 Å². The van der Waals surface area contributed by atoms with Crippen molar-refractivity contribution in [2.24, 2.45) is 0 Å². The maximum absolute atomic E-state index is 6.19. The lowest BCUT2D eigenvalue weighted by molar-refractivity contribution is 0.0328. The second-order valence-electron chi connectivity index (χ2n) is 7.65. The van der Waals surface area contributed by atoms with Crippen LogP contribution < -0.4 is 9.64 Å². The molecule has 1 aromatic heterocycles. The highest BCUT2D eigenvalue weighted by Gasteiger charge is 2.37. The molecule has 2 aliphatic rings. The Morgan fingerprint density at radius 2 is 1.85 bits per heavy atom. The van der Waals surface area contributed by atoms with E-state index < -0.39 is 0 Å². The molecule has 5 heteroatoms. The molecule has 2 aliphatic heterocycles. The van der Waals surface area contributed by atoms with Gasteiger partial charge in [-0.1, -0.05) is 30.3 Å². The lowest BCUT2D eigenvalue weighted by Crippen LogP contribution is -2.51. The molecule has 3 heterocycles. The van der Waals surface area contributed by atoms with Crippen molar-refractivity contribution in [2.75, 3.05) is 44.3 Å². The van der Waals surface area contributed by atoms with Gasteiger partial charge in [-0.3, -0.25) is 4.90 Å². The number of hydrogen-bond donors (Lipinski definition) is 0. The summed E-state index contributed by atoms with van der Waals surface area (Å²) in [4.78, 5) is 9.58. The third kappa shape index (κ3) is 3.69. The van der Waals surface area contributed by atoms with E-state index in [1.165, 1.54) is 5.56 Å². The molecule has 1 unspecified atom stereocenters. The van der Waals surface area contributed by atoms with Gasteiger partial charge >= 0.3 is 0 Å². The van der Waals surface area contributed by atoms with Crippen molar-refractivity contribution in [1.82, 2.24) is 9.88 Å². The van der Waals surface area contributed by atoms with Crippen LogP contribution in [-0.2, 0) is 4.74 Å². The van der Waals surface area contributed by atoms with Crippen LogP contribution in [0.4, 0.5) is 5.82 Å². The molecular formula is C21H27N3O2. The molecule has 0 bridgehead atoms. The normalized spacial score (nSPS) is 20.9. The average Bonchev–Trinajstić information content (AvgIpc) is 2.66. The minimum Gasteiger partial charge on any atom is -0.482 e. The lowest BCUT2D eigenvalue weighted by Gasteiger charge is -2.45. The minimum absolute atomic E-state index is 0.228. The number of pyridine rings is 1. The summed E-state index contributed by atoms with van der Waals surface area (Å²) in [7, 11) is 0. The molecule has 0 spiro atoms. The molecule has 1 saturated heterocycles. The predicted molar refractivity (Wildman–Crippen MR) is 103 cm³/mol. The van der Waals surface area contributed by atoms with Crippen LogP contribution in [0.5, 0.6) is 5.75 Å². The molecule has 0 radical (unpaired) electrons. The predicted octanol–water partition coefficient (Wildman–Crippen LogP) is 3.13. The van der Waals surface area contributed by atoms with Gasteiger partial charge in [0.15, 0.2) is 11.6 Å². The van der Waals surface area contributed by atoms with Crippen molar-refractivity contribution in [1.29, 1.82) is 0 Å². The first kappa shape index (κ1) is 17.3. The zero-order valence-corrected chi connectivity index (χ0v) is 15.6. The third-order valence-corrected chi connectivity index (χ3v) is 5.06. The Balaban J connectivity index is 1.70. The van der Waals surface area contributed by atoms with Gasteiger partial charge < -0.3 is 14.4 Å². The first-order valence-electron chi connectivity index (χ1n) is 9.38. The Labute approximate surface area is 155 Å². The van der Waals surface area contributed by atoms with Crippen LogP contribution in [0.2, 0.25) is 0 Å². The summed E-state index contributed by atoms with van der Waals surface area (Å²) in [6.45, 7) is 9.63. The van der Waals surface area contributed by atoms with Crippen molar-refractivity contribution in [3.05, 3.63) is 54.2 Å². The van der Waals surface area contributed by atoms with E-state index >= 15 is 0 Å². The van der Waals surface area contributed by atoms with E-state index in [2.05, 4.69) is 59.0 Å². The van der Waals surface area contributed by atoms with E-state index in [0.717, 1.165) is 51.0 Å². The molecule has 0 aliphatic carbocycles. The molecule has 2 aromatic rings. The number of hydrogen-bond acceptors (Lipinski definition) is 5. The van der Waals surface area contributed by atoms with E-state index in [9.17, 15) is 0 Å². The molecule has 1 fully saturated rings. The molecule has 1 aromatic carbocycles. The van der Waals surface area contributed by atoms with Gasteiger partial charge in [-0.15, -0.1) is 0 Å². The summed E-state index contributed by atoms with van der Waals surface area (Å²) >= 11 is 0. The fourth-order valence-corrected chi connectivity index (χ4v) is 3.84. The minimum atomic E-state index is -0.256. The summed E-state index contributed by atoms with van der Waals surface area (Å²) in [5.41, 5.74) is 1.06. The lowest BCUT2D eigenvalue weighted by atomic mass is 9.99. The number of fused-ring (bicyclic) bond motifs is 1. The van der Waals surface area contributed by atoms with E-state index in [4.69, 9.17) is 9.47 Å². The number of aromatic nitrogens is 1. The van der Waals surface area contributed by atoms with E-state index in [1.54, 1.807) is 0 Å². The topological polar surface area (TPSA) is 37.8 Å². The van der Waals surface area contributed by atoms with Gasteiger partial charge in [0, 0.05) is 25.8 Å². The first-order chi connectivity index (χ1) is 12.6. The Morgan fingerprint density at radius 3 is 2.62 bits per heavy atom. The van der Waals surface area contributed by atoms with Crippen LogP contribution in [0.15, 0.2) is 48.7 Å². The Morgan fingerprint density at radius 1 is 1.08 bits per heavy atom. The Kier molecular flexibility index (Phi) is 4.83. The molecule has 0 amide bonds. The van der Waals surface area contributed by atoms with E-state index in [0.29, 0.717) is 0 Å². The smallest absolute Gasteiger partial charge is 0.172 e. The number of nitrogens with zero attached hydrogens (tertiary/aromatic N) is 3. The van der Waals surface area contributed by atoms with Crippen LogP contribution in [0.1, 0.15) is 25.5 Å². The second-order valence-corrected chi connectivity index (χ2v) is 7.65. The Hall–Kier alpha value is -2.11. The second kappa shape index (κ2) is 7.25. The molecule has 1 atom stereocenters. The van der Waals surface area contributed by atoms with Gasteiger partial charge in [-0.05, 0) is 31.5 Å². The van der Waals surface area contributed by atoms with Crippen LogP contribution in [0.3, 0.4) is 0 Å². The highest BCUT2D eigenvalue weighted by atomic mass is 16.5. The quantitative estimate of drug-likeness (QED) is 0.844. The van der Waals surface area contributed by atoms with Crippen molar-refractivity contribution >= 4 is 5.82 Å².